The molecular weight excluding hydrogens is 684 g/mol. The van der Waals surface area contributed by atoms with Crippen molar-refractivity contribution in [2.24, 2.45) is 11.5 Å². The fourth-order valence-corrected chi connectivity index (χ4v) is 6.83. The number of anilines is 1. The summed E-state index contributed by atoms with van der Waals surface area (Å²) < 4.78 is 5.85. The van der Waals surface area contributed by atoms with Crippen molar-refractivity contribution in [3.05, 3.63) is 75.8 Å². The summed E-state index contributed by atoms with van der Waals surface area (Å²) in [6, 6.07) is 16.4. The van der Waals surface area contributed by atoms with Gasteiger partial charge in [0.15, 0.2) is 0 Å². The first-order valence-corrected chi connectivity index (χ1v) is 17.5. The molecule has 0 aliphatic rings. The molecule has 2 aromatic carbocycles. The molecule has 0 aliphatic heterocycles. The van der Waals surface area contributed by atoms with Gasteiger partial charge in [-0.2, -0.15) is 10.5 Å². The van der Waals surface area contributed by atoms with E-state index in [2.05, 4.69) is 17.1 Å². The van der Waals surface area contributed by atoms with Crippen molar-refractivity contribution in [3.8, 4) is 39.6 Å². The number of nitrogens with two attached hydrogens (primary N) is 3. The molecule has 4 rings (SSSR count). The Morgan fingerprint density at radius 3 is 2.37 bits per heavy atom. The topological polar surface area (TPSA) is 218 Å². The summed E-state index contributed by atoms with van der Waals surface area (Å²) in [4.78, 5) is 35.0. The number of hydrogen-bond acceptors (Lipinski definition) is 12. The number of thioether (sulfide) groups is 1. The van der Waals surface area contributed by atoms with Crippen molar-refractivity contribution in [3.63, 3.8) is 0 Å². The molecule has 0 spiro atoms. The number of unbranched alkanes of at least 4 members (excludes halogenated alkanes) is 1. The van der Waals surface area contributed by atoms with Gasteiger partial charge >= 0.3 is 5.97 Å². The lowest BCUT2D eigenvalue weighted by molar-refractivity contribution is -0.150. The number of carboxylic acid groups (broad SMARTS) is 1. The standard InChI is InChI=1S/C34H35ClN8O4S2/c1-20(34(45)46)43(33(44)28(39)4-2-3-13-36)14-15-47-25-11-7-21(8-12-25)29-26(16-37)30(40)42-32(27(29)17-38)49-19-24-18-48-31(41-24)22-5-9-23(35)10-6-22/h5-12,18,20,28H,2-4,13-15,19,36,39H2,1H3,(H2,40,42)(H,45,46)/t20-,28-/m0/s1. The molecule has 0 radical (unpaired) electrons. The smallest absolute Gasteiger partial charge is 0.326 e. The van der Waals surface area contributed by atoms with Crippen molar-refractivity contribution in [2.45, 2.75) is 49.0 Å². The van der Waals surface area contributed by atoms with E-state index in [9.17, 15) is 25.2 Å². The van der Waals surface area contributed by atoms with E-state index in [0.29, 0.717) is 58.5 Å². The Balaban J connectivity index is 1.48. The SMILES string of the molecule is C[C@@H](C(=O)O)N(CCOc1ccc(-c2c(C#N)c(N)nc(SCc3csc(-c4ccc(Cl)cc4)n3)c2C#N)cc1)C(=O)[C@@H](N)CCCCN. The summed E-state index contributed by atoms with van der Waals surface area (Å²) in [6.07, 6.45) is 1.77. The second-order valence-electron chi connectivity index (χ2n) is 10.9. The molecule has 0 bridgehead atoms. The number of halogens is 1. The van der Waals surface area contributed by atoms with Crippen LogP contribution in [0.4, 0.5) is 5.82 Å². The van der Waals surface area contributed by atoms with Gasteiger partial charge in [-0.1, -0.05) is 54.0 Å². The number of nitriles is 2. The number of hydrogen-bond donors (Lipinski definition) is 4. The molecule has 0 saturated carbocycles. The molecule has 12 nitrogen and oxygen atoms in total. The number of carbonyl (C=O) groups is 2. The molecule has 1 amide bonds. The first kappa shape index (κ1) is 37.1. The van der Waals surface area contributed by atoms with Crippen LogP contribution in [0.5, 0.6) is 5.75 Å². The van der Waals surface area contributed by atoms with Crippen LogP contribution in [0.3, 0.4) is 0 Å². The van der Waals surface area contributed by atoms with Gasteiger partial charge in [-0.15, -0.1) is 11.3 Å². The van der Waals surface area contributed by atoms with Gasteiger partial charge in [-0.05, 0) is 56.1 Å². The molecule has 0 saturated heterocycles. The molecule has 4 aromatic rings. The second kappa shape index (κ2) is 17.6. The lowest BCUT2D eigenvalue weighted by atomic mass is 9.97. The van der Waals surface area contributed by atoms with Gasteiger partial charge in [0, 0.05) is 27.3 Å². The summed E-state index contributed by atoms with van der Waals surface area (Å²) in [6.45, 7) is 1.90. The van der Waals surface area contributed by atoms with Crippen LogP contribution in [0.25, 0.3) is 21.7 Å². The van der Waals surface area contributed by atoms with Crippen LogP contribution in [-0.4, -0.2) is 63.6 Å². The Morgan fingerprint density at radius 1 is 1.06 bits per heavy atom. The highest BCUT2D eigenvalue weighted by Gasteiger charge is 2.29. The van der Waals surface area contributed by atoms with Crippen LogP contribution in [0.15, 0.2) is 58.9 Å². The fraction of sp³-hybridized carbons (Fsp3) is 0.294. The minimum Gasteiger partial charge on any atom is -0.492 e. The zero-order valence-corrected chi connectivity index (χ0v) is 29.0. The Hall–Kier alpha value is -4.70. The third-order valence-corrected chi connectivity index (χ3v) is 9.75. The first-order valence-electron chi connectivity index (χ1n) is 15.3. The van der Waals surface area contributed by atoms with Gasteiger partial charge in [0.25, 0.3) is 0 Å². The maximum atomic E-state index is 13.0. The highest BCUT2D eigenvalue weighted by atomic mass is 35.5. The minimum atomic E-state index is -1.16. The molecule has 15 heteroatoms. The summed E-state index contributed by atoms with van der Waals surface area (Å²) in [5, 5.41) is 33.5. The number of carboxylic acids is 1. The predicted molar refractivity (Wildman–Crippen MR) is 191 cm³/mol. The van der Waals surface area contributed by atoms with E-state index in [1.807, 2.05) is 17.5 Å². The Labute approximate surface area is 297 Å². The number of amides is 1. The van der Waals surface area contributed by atoms with Crippen molar-refractivity contribution in [1.29, 1.82) is 10.5 Å². The quantitative estimate of drug-likeness (QED) is 0.0859. The minimum absolute atomic E-state index is 0.00185. The summed E-state index contributed by atoms with van der Waals surface area (Å²) in [5.74, 6) is -0.781. The van der Waals surface area contributed by atoms with E-state index in [1.165, 1.54) is 34.9 Å². The van der Waals surface area contributed by atoms with E-state index < -0.39 is 24.0 Å². The third kappa shape index (κ3) is 9.47. The van der Waals surface area contributed by atoms with Gasteiger partial charge < -0.3 is 31.9 Å². The van der Waals surface area contributed by atoms with Gasteiger partial charge in [0.1, 0.15) is 52.0 Å². The number of aliphatic carboxylic acids is 1. The number of rotatable bonds is 16. The first-order chi connectivity index (χ1) is 23.6. The van der Waals surface area contributed by atoms with Crippen LogP contribution < -0.4 is 21.9 Å². The summed E-state index contributed by atoms with van der Waals surface area (Å²) >= 11 is 8.79. The number of thiazole rings is 1. The largest absolute Gasteiger partial charge is 0.492 e. The van der Waals surface area contributed by atoms with Gasteiger partial charge in [0.05, 0.1) is 23.8 Å². The maximum absolute atomic E-state index is 13.0. The lowest BCUT2D eigenvalue weighted by Crippen LogP contribution is -2.51. The monoisotopic (exact) mass is 718 g/mol. The molecule has 2 heterocycles. The van der Waals surface area contributed by atoms with Crippen LogP contribution in [-0.2, 0) is 15.3 Å². The number of nitrogen functional groups attached to an aromatic ring is 1. The number of benzene rings is 2. The molecule has 0 aliphatic carbocycles. The average molecular weight is 719 g/mol. The number of pyridine rings is 1. The molecule has 2 atom stereocenters. The third-order valence-electron chi connectivity index (χ3n) is 7.55. The van der Waals surface area contributed by atoms with Crippen molar-refractivity contribution >= 4 is 52.4 Å². The van der Waals surface area contributed by atoms with E-state index in [1.54, 1.807) is 36.4 Å². The normalized spacial score (nSPS) is 12.0. The van der Waals surface area contributed by atoms with E-state index in [-0.39, 0.29) is 30.1 Å². The lowest BCUT2D eigenvalue weighted by Gasteiger charge is -2.29. The van der Waals surface area contributed by atoms with E-state index >= 15 is 0 Å². The number of aromatic nitrogens is 2. The average Bonchev–Trinajstić information content (AvgIpc) is 3.58. The summed E-state index contributed by atoms with van der Waals surface area (Å²) in [5.41, 5.74) is 20.7. The van der Waals surface area contributed by atoms with E-state index in [4.69, 9.17) is 38.5 Å². The Bertz CT molecular complexity index is 1860. The van der Waals surface area contributed by atoms with Crippen LogP contribution in [0.1, 0.15) is 43.0 Å². The van der Waals surface area contributed by atoms with Crippen molar-refractivity contribution < 1.29 is 19.4 Å². The molecule has 2 aromatic heterocycles. The van der Waals surface area contributed by atoms with Crippen LogP contribution in [0.2, 0.25) is 5.02 Å². The van der Waals surface area contributed by atoms with Crippen LogP contribution in [0, 0.1) is 22.7 Å². The fourth-order valence-electron chi connectivity index (χ4n) is 4.88. The van der Waals surface area contributed by atoms with Gasteiger partial charge in [-0.25, -0.2) is 14.8 Å². The molecule has 49 heavy (non-hydrogen) atoms. The maximum Gasteiger partial charge on any atom is 0.326 e. The van der Waals surface area contributed by atoms with E-state index in [0.717, 1.165) is 16.3 Å². The van der Waals surface area contributed by atoms with Gasteiger partial charge in [0.2, 0.25) is 5.91 Å². The predicted octanol–water partition coefficient (Wildman–Crippen LogP) is 5.28. The molecule has 254 valence electrons. The molecule has 0 unspecified atom stereocenters. The number of nitrogens with zero attached hydrogens (tertiary/aromatic N) is 5. The highest BCUT2D eigenvalue weighted by Crippen LogP contribution is 2.37. The Kier molecular flexibility index (Phi) is 13.4. The Morgan fingerprint density at radius 2 is 1.73 bits per heavy atom. The molecule has 0 fully saturated rings. The number of carbonyl (C=O) groups excluding carboxylic acids is 1. The zero-order valence-electron chi connectivity index (χ0n) is 26.6. The molecular formula is C34H35ClN8O4S2. The number of ether oxygens (including phenoxy) is 1. The van der Waals surface area contributed by atoms with Crippen molar-refractivity contribution in [1.82, 2.24) is 14.9 Å². The second-order valence-corrected chi connectivity index (χ2v) is 13.2. The highest BCUT2D eigenvalue weighted by molar-refractivity contribution is 7.98. The molecule has 7 N–H and O–H groups in total. The van der Waals surface area contributed by atoms with Gasteiger partial charge in [-0.3, -0.25) is 4.79 Å². The van der Waals surface area contributed by atoms with Crippen molar-refractivity contribution in [2.75, 3.05) is 25.4 Å². The summed E-state index contributed by atoms with van der Waals surface area (Å²) in [7, 11) is 0. The van der Waals surface area contributed by atoms with Crippen LogP contribution >= 0.6 is 34.7 Å². The zero-order chi connectivity index (χ0) is 35.5.